The fraction of sp³-hybridized carbons (Fsp3) is 0.667. The number of nitrogens with one attached hydrogen (secondary N) is 1. The smallest absolute Gasteiger partial charge is 0.406 e. The molecule has 0 bridgehead atoms. The molecule has 7 heteroatoms. The lowest BCUT2D eigenvalue weighted by molar-refractivity contribution is 0.0338. The van der Waals surface area contributed by atoms with E-state index in [1.54, 1.807) is 0 Å². The summed E-state index contributed by atoms with van der Waals surface area (Å²) in [6.07, 6.45) is -0.391. The summed E-state index contributed by atoms with van der Waals surface area (Å²) in [7, 11) is 1.38. The number of methoxy groups -OCH3 is 1. The lowest BCUT2D eigenvalue weighted by Gasteiger charge is -2.30. The molecule has 1 unspecified atom stereocenters. The zero-order valence-corrected chi connectivity index (χ0v) is 17.7. The third kappa shape index (κ3) is 6.65. The average molecular weight is 394 g/mol. The second-order valence-corrected chi connectivity index (χ2v) is 6.91. The third-order valence-electron chi connectivity index (χ3n) is 5.17. The first-order valence-corrected chi connectivity index (χ1v) is 10.2. The molecular weight excluding hydrogens is 358 g/mol. The number of carbonyl (C=O) groups excluding carboxylic acids is 1. The van der Waals surface area contributed by atoms with Crippen LogP contribution in [0.2, 0.25) is 0 Å². The number of amides is 1. The van der Waals surface area contributed by atoms with E-state index in [9.17, 15) is 4.79 Å². The van der Waals surface area contributed by atoms with Crippen LogP contribution in [0.3, 0.4) is 0 Å². The first-order valence-electron chi connectivity index (χ1n) is 10.2. The van der Waals surface area contributed by atoms with Crippen LogP contribution in [0, 0.1) is 0 Å². The highest BCUT2D eigenvalue weighted by molar-refractivity contribution is 5.66. The second-order valence-electron chi connectivity index (χ2n) is 6.91. The van der Waals surface area contributed by atoms with Crippen LogP contribution in [0.15, 0.2) is 18.2 Å². The molecular formula is C21H35N3O4. The molecule has 1 fully saturated rings. The molecule has 1 aromatic rings. The fourth-order valence-corrected chi connectivity index (χ4v) is 3.49. The molecule has 1 heterocycles. The Kier molecular flexibility index (Phi) is 9.54. The van der Waals surface area contributed by atoms with Crippen molar-refractivity contribution in [2.24, 2.45) is 0 Å². The molecule has 0 spiro atoms. The number of morpholine rings is 1. The Labute approximate surface area is 168 Å². The maximum Gasteiger partial charge on any atom is 0.406 e. The number of nitrogens with zero attached hydrogens (tertiary/aromatic N) is 2. The molecule has 1 saturated heterocycles. The number of carbonyl (C=O) groups is 1. The fourth-order valence-electron chi connectivity index (χ4n) is 3.49. The maximum atomic E-state index is 11.3. The number of hydrogen-bond donors (Lipinski definition) is 1. The molecule has 1 aliphatic rings. The first kappa shape index (κ1) is 22.5. The van der Waals surface area contributed by atoms with Crippen LogP contribution < -0.4 is 10.1 Å². The molecule has 2 rings (SSSR count). The molecule has 0 aliphatic carbocycles. The highest BCUT2D eigenvalue weighted by atomic mass is 16.5. The van der Waals surface area contributed by atoms with Crippen LogP contribution in [0.4, 0.5) is 4.79 Å². The zero-order valence-electron chi connectivity index (χ0n) is 17.7. The summed E-state index contributed by atoms with van der Waals surface area (Å²) in [5.74, 6) is 0.959. The van der Waals surface area contributed by atoms with Crippen molar-refractivity contribution >= 4 is 6.09 Å². The van der Waals surface area contributed by atoms with Gasteiger partial charge in [-0.2, -0.15) is 0 Å². The van der Waals surface area contributed by atoms with Gasteiger partial charge in [-0.15, -0.1) is 0 Å². The number of rotatable bonds is 10. The SMILES string of the molecule is CCOc1ccc(C(C)N(CC)CCNC(=O)OC)cc1CN1CCOCC1. The minimum Gasteiger partial charge on any atom is -0.494 e. The molecule has 0 aromatic heterocycles. The van der Waals surface area contributed by atoms with Crippen LogP contribution >= 0.6 is 0 Å². The summed E-state index contributed by atoms with van der Waals surface area (Å²) in [5, 5.41) is 2.75. The van der Waals surface area contributed by atoms with Gasteiger partial charge in [0.1, 0.15) is 5.75 Å². The Morgan fingerprint density at radius 3 is 2.71 bits per heavy atom. The standard InChI is InChI=1S/C21H35N3O4/c1-5-24(10-9-22-21(25)26-4)17(3)18-7-8-20(28-6-2)19(15-18)16-23-11-13-27-14-12-23/h7-8,15,17H,5-6,9-14,16H2,1-4H3,(H,22,25). The van der Waals surface area contributed by atoms with E-state index in [0.717, 1.165) is 51.7 Å². The van der Waals surface area contributed by atoms with Crippen molar-refractivity contribution in [3.05, 3.63) is 29.3 Å². The first-order chi connectivity index (χ1) is 13.6. The van der Waals surface area contributed by atoms with Crippen molar-refractivity contribution in [3.63, 3.8) is 0 Å². The Bertz CT molecular complexity index is 605. The van der Waals surface area contributed by atoms with Gasteiger partial charge >= 0.3 is 6.09 Å². The summed E-state index contributed by atoms with van der Waals surface area (Å²) in [5.41, 5.74) is 2.48. The van der Waals surface area contributed by atoms with Crippen molar-refractivity contribution in [3.8, 4) is 5.75 Å². The Morgan fingerprint density at radius 2 is 2.07 bits per heavy atom. The predicted molar refractivity (Wildman–Crippen MR) is 110 cm³/mol. The summed E-state index contributed by atoms with van der Waals surface area (Å²) in [4.78, 5) is 16.0. The highest BCUT2D eigenvalue weighted by Gasteiger charge is 2.18. The van der Waals surface area contributed by atoms with Gasteiger partial charge in [0.2, 0.25) is 0 Å². The van der Waals surface area contributed by atoms with Gasteiger partial charge in [-0.1, -0.05) is 13.0 Å². The topological polar surface area (TPSA) is 63.3 Å². The van der Waals surface area contributed by atoms with Crippen LogP contribution in [-0.2, 0) is 16.0 Å². The van der Waals surface area contributed by atoms with Gasteiger partial charge < -0.3 is 19.5 Å². The van der Waals surface area contributed by atoms with Crippen molar-refractivity contribution in [2.45, 2.75) is 33.4 Å². The number of hydrogen-bond acceptors (Lipinski definition) is 6. The van der Waals surface area contributed by atoms with Gasteiger partial charge in [0.25, 0.3) is 0 Å². The second kappa shape index (κ2) is 11.9. The van der Waals surface area contributed by atoms with Gasteiger partial charge in [-0.05, 0) is 38.1 Å². The van der Waals surface area contributed by atoms with Gasteiger partial charge in [0, 0.05) is 44.3 Å². The van der Waals surface area contributed by atoms with E-state index < -0.39 is 6.09 Å². The summed E-state index contributed by atoms with van der Waals surface area (Å²) < 4.78 is 16.0. The zero-order chi connectivity index (χ0) is 20.4. The number of alkyl carbamates (subject to hydrolysis) is 1. The van der Waals surface area contributed by atoms with Crippen LogP contribution in [0.1, 0.15) is 37.9 Å². The Hall–Kier alpha value is -1.83. The molecule has 1 aliphatic heterocycles. The molecule has 158 valence electrons. The summed E-state index contributed by atoms with van der Waals surface area (Å²) in [6.45, 7) is 13.6. The Balaban J connectivity index is 2.09. The number of ether oxygens (including phenoxy) is 3. The van der Waals surface area contributed by atoms with Crippen LogP contribution in [0.25, 0.3) is 0 Å². The van der Waals surface area contributed by atoms with E-state index in [1.165, 1.54) is 18.2 Å². The molecule has 28 heavy (non-hydrogen) atoms. The molecule has 0 saturated carbocycles. The molecule has 1 N–H and O–H groups in total. The van der Waals surface area contributed by atoms with E-state index in [2.05, 4.69) is 51.9 Å². The monoisotopic (exact) mass is 393 g/mol. The van der Waals surface area contributed by atoms with E-state index in [4.69, 9.17) is 9.47 Å². The predicted octanol–water partition coefficient (Wildman–Crippen LogP) is 2.66. The van der Waals surface area contributed by atoms with Crippen LogP contribution in [-0.4, -0.2) is 75.5 Å². The lowest BCUT2D eigenvalue weighted by atomic mass is 10.0. The van der Waals surface area contributed by atoms with E-state index in [0.29, 0.717) is 13.2 Å². The maximum absolute atomic E-state index is 11.3. The van der Waals surface area contributed by atoms with Crippen molar-refractivity contribution in [2.75, 3.05) is 59.7 Å². The average Bonchev–Trinajstić information content (AvgIpc) is 2.72. The van der Waals surface area contributed by atoms with Crippen LogP contribution in [0.5, 0.6) is 5.75 Å². The summed E-state index contributed by atoms with van der Waals surface area (Å²) >= 11 is 0. The minimum atomic E-state index is -0.391. The Morgan fingerprint density at radius 1 is 1.32 bits per heavy atom. The van der Waals surface area contributed by atoms with Gasteiger partial charge in [0.15, 0.2) is 0 Å². The van der Waals surface area contributed by atoms with Crippen molar-refractivity contribution in [1.82, 2.24) is 15.1 Å². The normalized spacial score (nSPS) is 16.0. The van der Waals surface area contributed by atoms with E-state index in [-0.39, 0.29) is 6.04 Å². The minimum absolute atomic E-state index is 0.239. The lowest BCUT2D eigenvalue weighted by Crippen LogP contribution is -2.36. The molecule has 7 nitrogen and oxygen atoms in total. The number of likely N-dealkylation sites (N-methyl/N-ethyl adjacent to an activating group) is 1. The largest absolute Gasteiger partial charge is 0.494 e. The van der Waals surface area contributed by atoms with Gasteiger partial charge in [0.05, 0.1) is 26.9 Å². The van der Waals surface area contributed by atoms with E-state index >= 15 is 0 Å². The number of benzene rings is 1. The molecule has 1 amide bonds. The molecule has 1 aromatic carbocycles. The van der Waals surface area contributed by atoms with E-state index in [1.807, 2.05) is 6.92 Å². The third-order valence-corrected chi connectivity index (χ3v) is 5.17. The van der Waals surface area contributed by atoms with Crippen molar-refractivity contribution < 1.29 is 19.0 Å². The van der Waals surface area contributed by atoms with Crippen molar-refractivity contribution in [1.29, 1.82) is 0 Å². The molecule has 1 atom stereocenters. The van der Waals surface area contributed by atoms with Gasteiger partial charge in [-0.25, -0.2) is 4.79 Å². The summed E-state index contributed by atoms with van der Waals surface area (Å²) in [6, 6.07) is 6.74. The highest BCUT2D eigenvalue weighted by Crippen LogP contribution is 2.28. The quantitative estimate of drug-likeness (QED) is 0.659. The van der Waals surface area contributed by atoms with Gasteiger partial charge in [-0.3, -0.25) is 9.80 Å². The molecule has 0 radical (unpaired) electrons.